The van der Waals surface area contributed by atoms with Gasteiger partial charge in [-0.15, -0.1) is 0 Å². The van der Waals surface area contributed by atoms with Gasteiger partial charge in [0, 0.05) is 6.04 Å². The van der Waals surface area contributed by atoms with E-state index in [-0.39, 0.29) is 0 Å². The highest BCUT2D eigenvalue weighted by Gasteiger charge is 2.79. The van der Waals surface area contributed by atoms with E-state index in [9.17, 15) is 0 Å². The largest absolute Gasteiger partial charge is 0.313 e. The smallest absolute Gasteiger partial charge is 0.0135 e. The van der Waals surface area contributed by atoms with Gasteiger partial charge in [-0.1, -0.05) is 6.92 Å². The Kier molecular flexibility index (Phi) is 1.24. The summed E-state index contributed by atoms with van der Waals surface area (Å²) in [4.78, 5) is 0. The quantitative estimate of drug-likeness (QED) is 0.741. The molecule has 0 aromatic carbocycles. The van der Waals surface area contributed by atoms with Crippen molar-refractivity contribution < 1.29 is 0 Å². The minimum Gasteiger partial charge on any atom is -0.313 e. The summed E-state index contributed by atoms with van der Waals surface area (Å²) in [5.74, 6) is 9.46. The lowest BCUT2D eigenvalue weighted by atomic mass is 9.71. The van der Waals surface area contributed by atoms with Crippen LogP contribution in [0.25, 0.3) is 0 Å². The fraction of sp³-hybridized carbons (Fsp3) is 1.00. The van der Waals surface area contributed by atoms with Gasteiger partial charge in [0.2, 0.25) is 0 Å². The lowest BCUT2D eigenvalue weighted by molar-refractivity contribution is 0.132. The van der Waals surface area contributed by atoms with Crippen molar-refractivity contribution in [3.63, 3.8) is 0 Å². The maximum Gasteiger partial charge on any atom is 0.0135 e. The Hall–Kier alpha value is -0.0400. The standard InChI is InChI=1S/C14H21N/c1-2-3-15-14-12-8-4-6-7-5-9(10(6)12)13(14)11(7)8/h6-15H,2-5H2,1H3/t6-,7+,8-,9-,10-,11-,12-,13-,14?/m0/s1. The number of nitrogens with one attached hydrogen (secondary N) is 1. The van der Waals surface area contributed by atoms with Gasteiger partial charge in [-0.3, -0.25) is 0 Å². The van der Waals surface area contributed by atoms with Gasteiger partial charge in [-0.25, -0.2) is 0 Å². The minimum absolute atomic E-state index is 0.965. The summed E-state index contributed by atoms with van der Waals surface area (Å²) in [6, 6.07) is 0.965. The maximum atomic E-state index is 3.91. The molecular weight excluding hydrogens is 182 g/mol. The van der Waals surface area contributed by atoms with E-state index in [1.807, 2.05) is 0 Å². The summed E-state index contributed by atoms with van der Waals surface area (Å²) in [7, 11) is 0. The van der Waals surface area contributed by atoms with E-state index in [0.717, 1.165) is 17.9 Å². The van der Waals surface area contributed by atoms with Gasteiger partial charge in [-0.05, 0) is 73.2 Å². The van der Waals surface area contributed by atoms with Crippen LogP contribution in [0.2, 0.25) is 0 Å². The second-order valence-corrected chi connectivity index (χ2v) is 6.92. The zero-order chi connectivity index (χ0) is 9.73. The molecule has 6 fully saturated rings. The average molecular weight is 203 g/mol. The second kappa shape index (κ2) is 2.30. The van der Waals surface area contributed by atoms with Crippen LogP contribution in [0, 0.1) is 47.3 Å². The Bertz CT molecular complexity index is 297. The summed E-state index contributed by atoms with van der Waals surface area (Å²) in [5.41, 5.74) is 0. The van der Waals surface area contributed by atoms with Crippen molar-refractivity contribution in [2.75, 3.05) is 6.54 Å². The third kappa shape index (κ3) is 0.638. The molecule has 0 aliphatic heterocycles. The molecule has 0 aromatic heterocycles. The van der Waals surface area contributed by atoms with Crippen molar-refractivity contribution in [3.8, 4) is 0 Å². The van der Waals surface area contributed by atoms with Crippen LogP contribution in [0.3, 0.4) is 0 Å². The van der Waals surface area contributed by atoms with Crippen LogP contribution < -0.4 is 5.32 Å². The molecule has 1 unspecified atom stereocenters. The molecule has 9 atom stereocenters. The lowest BCUT2D eigenvalue weighted by Crippen LogP contribution is -2.35. The molecule has 6 aliphatic carbocycles. The molecule has 0 aromatic rings. The first-order valence-corrected chi connectivity index (χ1v) is 7.15. The summed E-state index contributed by atoms with van der Waals surface area (Å²) < 4.78 is 0. The Labute approximate surface area is 92.0 Å². The van der Waals surface area contributed by atoms with E-state index < -0.39 is 0 Å². The highest BCUT2D eigenvalue weighted by Crippen LogP contribution is 2.82. The van der Waals surface area contributed by atoms with Gasteiger partial charge in [0.25, 0.3) is 0 Å². The lowest BCUT2D eigenvalue weighted by Gasteiger charge is -2.33. The molecule has 0 amide bonds. The van der Waals surface area contributed by atoms with Crippen LogP contribution >= 0.6 is 0 Å². The van der Waals surface area contributed by atoms with E-state index in [1.165, 1.54) is 48.5 Å². The van der Waals surface area contributed by atoms with Crippen molar-refractivity contribution in [2.24, 2.45) is 47.3 Å². The summed E-state index contributed by atoms with van der Waals surface area (Å²) >= 11 is 0. The molecule has 0 spiro atoms. The third-order valence-corrected chi connectivity index (χ3v) is 6.95. The van der Waals surface area contributed by atoms with E-state index >= 15 is 0 Å². The molecule has 15 heavy (non-hydrogen) atoms. The monoisotopic (exact) mass is 203 g/mol. The Morgan fingerprint density at radius 1 is 0.867 bits per heavy atom. The molecule has 1 heteroatoms. The number of hydrogen-bond acceptors (Lipinski definition) is 1. The molecule has 6 rings (SSSR count). The van der Waals surface area contributed by atoms with Gasteiger partial charge < -0.3 is 5.32 Å². The Morgan fingerprint density at radius 2 is 1.47 bits per heavy atom. The molecule has 0 radical (unpaired) electrons. The van der Waals surface area contributed by atoms with Crippen molar-refractivity contribution in [3.05, 3.63) is 0 Å². The molecular formula is C14H21N. The molecule has 1 N–H and O–H groups in total. The molecule has 1 nitrogen and oxygen atoms in total. The highest BCUT2D eigenvalue weighted by atomic mass is 15.0. The van der Waals surface area contributed by atoms with Crippen LogP contribution in [0.5, 0.6) is 0 Å². The predicted molar refractivity (Wildman–Crippen MR) is 59.2 cm³/mol. The summed E-state index contributed by atoms with van der Waals surface area (Å²) in [6.45, 7) is 3.57. The van der Waals surface area contributed by atoms with Crippen molar-refractivity contribution in [2.45, 2.75) is 32.2 Å². The third-order valence-electron chi connectivity index (χ3n) is 6.95. The first-order valence-electron chi connectivity index (χ1n) is 7.15. The van der Waals surface area contributed by atoms with E-state index in [4.69, 9.17) is 0 Å². The van der Waals surface area contributed by atoms with Crippen molar-refractivity contribution in [1.82, 2.24) is 5.32 Å². The van der Waals surface area contributed by atoms with Crippen LogP contribution in [-0.4, -0.2) is 12.6 Å². The van der Waals surface area contributed by atoms with E-state index in [2.05, 4.69) is 12.2 Å². The molecule has 6 saturated carbocycles. The van der Waals surface area contributed by atoms with Gasteiger partial charge in [0.1, 0.15) is 0 Å². The van der Waals surface area contributed by atoms with E-state index in [0.29, 0.717) is 0 Å². The van der Waals surface area contributed by atoms with Crippen LogP contribution in [-0.2, 0) is 0 Å². The average Bonchev–Trinajstić information content (AvgIpc) is 2.91. The molecule has 6 aliphatic rings. The van der Waals surface area contributed by atoms with Crippen molar-refractivity contribution in [1.29, 1.82) is 0 Å². The molecule has 6 bridgehead atoms. The zero-order valence-corrected chi connectivity index (χ0v) is 9.52. The van der Waals surface area contributed by atoms with Crippen LogP contribution in [0.15, 0.2) is 0 Å². The van der Waals surface area contributed by atoms with E-state index in [1.54, 1.807) is 12.8 Å². The van der Waals surface area contributed by atoms with Gasteiger partial charge in [-0.2, -0.15) is 0 Å². The van der Waals surface area contributed by atoms with Crippen LogP contribution in [0.4, 0.5) is 0 Å². The normalized spacial score (nSPS) is 70.6. The first kappa shape index (κ1) is 8.11. The molecule has 0 heterocycles. The van der Waals surface area contributed by atoms with Gasteiger partial charge in [0.05, 0.1) is 0 Å². The molecule has 0 saturated heterocycles. The zero-order valence-electron chi connectivity index (χ0n) is 9.52. The van der Waals surface area contributed by atoms with Crippen molar-refractivity contribution >= 4 is 0 Å². The Morgan fingerprint density at radius 3 is 2.00 bits per heavy atom. The number of hydrogen-bond donors (Lipinski definition) is 1. The summed E-state index contributed by atoms with van der Waals surface area (Å²) in [6.07, 6.45) is 4.59. The molecule has 82 valence electrons. The first-order chi connectivity index (χ1) is 7.42. The van der Waals surface area contributed by atoms with Crippen LogP contribution in [0.1, 0.15) is 26.2 Å². The predicted octanol–water partition coefficient (Wildman–Crippen LogP) is 2.13. The maximum absolute atomic E-state index is 3.91. The van der Waals surface area contributed by atoms with Gasteiger partial charge in [0.15, 0.2) is 0 Å². The highest BCUT2D eigenvalue weighted by molar-refractivity contribution is 5.29. The topological polar surface area (TPSA) is 12.0 Å². The number of rotatable bonds is 3. The second-order valence-electron chi connectivity index (χ2n) is 6.92. The van der Waals surface area contributed by atoms with Gasteiger partial charge >= 0.3 is 0 Å². The Balaban J connectivity index is 1.55. The SMILES string of the molecule is CCCNC1[C@H]2[C@H]3C[C@H]4[C@H]5C[C@H]([C@H]1[C@@H]53)[C@H]42. The fourth-order valence-corrected chi connectivity index (χ4v) is 7.20. The summed E-state index contributed by atoms with van der Waals surface area (Å²) in [5, 5.41) is 3.91. The fourth-order valence-electron chi connectivity index (χ4n) is 7.20. The minimum atomic E-state index is 0.965.